The summed E-state index contributed by atoms with van der Waals surface area (Å²) in [7, 11) is 0. The average Bonchev–Trinajstić information content (AvgIpc) is 3.87. The van der Waals surface area contributed by atoms with Crippen LogP contribution < -0.4 is 15.5 Å². The Kier molecular flexibility index (Phi) is 10.3. The molecule has 7 unspecified atom stereocenters. The van der Waals surface area contributed by atoms with Gasteiger partial charge in [0.05, 0.1) is 17.5 Å². The zero-order valence-corrected chi connectivity index (χ0v) is 29.9. The maximum atomic E-state index is 13.4. The SMILES string of the molecule is Cc1cc(=O)c2cc3c(c(-n4cc5cc[nH]c5c4)c2o1)OC(C)(CCC1CNC(=O)C1)C(OOCC(O)(Cc1ccc(O)cc1)C(O)C(O)C(O)CO)C3. The Labute approximate surface area is 309 Å². The lowest BCUT2D eigenvalue weighted by molar-refractivity contribution is -0.371. The lowest BCUT2D eigenvalue weighted by Gasteiger charge is -2.43. The standard InChI is InChI=1S/C39H45N3O12/c1-21-11-29(45)27-13-25-14-31(54-51-20-39(50,37(49)34(48)30(46)19-43)15-22-3-5-26(44)6-4-22)38(2,9-7-23-12-32(47)41-16-23)53-35(25)33(36(27)52-21)42-17-24-8-10-40-28(24)18-42/h3-6,8,10-11,13,17-18,23,30-31,34,37,40,43-44,46,48-50H,7,9,12,14-16,19-20H2,1-2H3,(H,41,47). The summed E-state index contributed by atoms with van der Waals surface area (Å²) in [6, 6.07) is 10.9. The number of H-pyrrole nitrogens is 1. The number of carbonyl (C=O) groups excluding carboxylic acids is 1. The zero-order valence-electron chi connectivity index (χ0n) is 29.9. The molecule has 2 aliphatic rings. The summed E-state index contributed by atoms with van der Waals surface area (Å²) in [6.45, 7) is 2.50. The number of rotatable bonds is 14. The van der Waals surface area contributed by atoms with Gasteiger partial charge in [-0.1, -0.05) is 12.1 Å². The molecule has 5 aromatic rings. The van der Waals surface area contributed by atoms with Gasteiger partial charge in [0.2, 0.25) is 5.91 Å². The van der Waals surface area contributed by atoms with Gasteiger partial charge in [-0.15, -0.1) is 0 Å². The van der Waals surface area contributed by atoms with E-state index in [1.165, 1.54) is 30.3 Å². The predicted molar refractivity (Wildman–Crippen MR) is 194 cm³/mol. The quantitative estimate of drug-likeness (QED) is 0.0603. The minimum atomic E-state index is -2.26. The molecular weight excluding hydrogens is 702 g/mol. The van der Waals surface area contributed by atoms with E-state index in [4.69, 9.17) is 18.9 Å². The van der Waals surface area contributed by atoms with Crippen molar-refractivity contribution in [1.29, 1.82) is 0 Å². The molecule has 0 aliphatic carbocycles. The maximum absolute atomic E-state index is 13.4. The van der Waals surface area contributed by atoms with Crippen LogP contribution in [0.4, 0.5) is 0 Å². The number of hydrogen-bond acceptors (Lipinski definition) is 12. The Morgan fingerprint density at radius 1 is 1.09 bits per heavy atom. The second-order valence-electron chi connectivity index (χ2n) is 14.8. The van der Waals surface area contributed by atoms with Gasteiger partial charge in [-0.3, -0.25) is 9.59 Å². The summed E-state index contributed by atoms with van der Waals surface area (Å²) >= 11 is 0. The summed E-state index contributed by atoms with van der Waals surface area (Å²) < 4.78 is 15.0. The van der Waals surface area contributed by atoms with E-state index >= 15 is 0 Å². The van der Waals surface area contributed by atoms with Crippen LogP contribution >= 0.6 is 0 Å². The molecule has 2 aliphatic heterocycles. The first-order chi connectivity index (χ1) is 25.8. The second kappa shape index (κ2) is 14.8. The lowest BCUT2D eigenvalue weighted by atomic mass is 9.83. The van der Waals surface area contributed by atoms with Gasteiger partial charge in [-0.2, -0.15) is 0 Å². The highest BCUT2D eigenvalue weighted by Gasteiger charge is 2.47. The van der Waals surface area contributed by atoms with Crippen molar-refractivity contribution in [3.8, 4) is 17.2 Å². The Bertz CT molecular complexity index is 2170. The number of hydrogen-bond donors (Lipinski definition) is 8. The predicted octanol–water partition coefficient (Wildman–Crippen LogP) is 2.05. The number of fused-ring (bicyclic) bond motifs is 3. The van der Waals surface area contributed by atoms with Crippen molar-refractivity contribution in [3.05, 3.63) is 88.2 Å². The fourth-order valence-corrected chi connectivity index (χ4v) is 7.49. The molecule has 54 heavy (non-hydrogen) atoms. The molecule has 1 fully saturated rings. The highest BCUT2D eigenvalue weighted by Crippen LogP contribution is 2.45. The van der Waals surface area contributed by atoms with E-state index < -0.39 is 48.8 Å². The van der Waals surface area contributed by atoms with Crippen molar-refractivity contribution in [3.63, 3.8) is 0 Å². The average molecular weight is 748 g/mol. The van der Waals surface area contributed by atoms with Crippen LogP contribution in [0.3, 0.4) is 0 Å². The smallest absolute Gasteiger partial charge is 0.220 e. The number of nitrogens with one attached hydrogen (secondary N) is 2. The number of aromatic hydroxyl groups is 1. The number of carbonyl (C=O) groups is 1. The number of nitrogens with zero attached hydrogens (tertiary/aromatic N) is 1. The number of benzene rings is 2. The van der Waals surface area contributed by atoms with Crippen LogP contribution in [0.15, 0.2) is 70.3 Å². The highest BCUT2D eigenvalue weighted by molar-refractivity contribution is 5.91. The van der Waals surface area contributed by atoms with Gasteiger partial charge in [0.15, 0.2) is 16.8 Å². The second-order valence-corrected chi connectivity index (χ2v) is 14.8. The fourth-order valence-electron chi connectivity index (χ4n) is 7.49. The molecule has 0 spiro atoms. The van der Waals surface area contributed by atoms with Crippen LogP contribution in [0, 0.1) is 12.8 Å². The van der Waals surface area contributed by atoms with Crippen LogP contribution in [0.1, 0.15) is 43.1 Å². The van der Waals surface area contributed by atoms with E-state index in [1.54, 1.807) is 13.0 Å². The Balaban J connectivity index is 1.24. The van der Waals surface area contributed by atoms with E-state index in [0.29, 0.717) is 65.1 Å². The van der Waals surface area contributed by atoms with E-state index in [-0.39, 0.29) is 35.8 Å². The van der Waals surface area contributed by atoms with Gasteiger partial charge < -0.3 is 54.7 Å². The molecule has 0 bridgehead atoms. The number of aromatic amines is 1. The van der Waals surface area contributed by atoms with Gasteiger partial charge in [0.1, 0.15) is 59.4 Å². The van der Waals surface area contributed by atoms with Crippen molar-refractivity contribution < 1.29 is 54.4 Å². The van der Waals surface area contributed by atoms with Crippen molar-refractivity contribution in [2.45, 2.75) is 81.6 Å². The van der Waals surface area contributed by atoms with E-state index in [2.05, 4.69) is 10.3 Å². The van der Waals surface area contributed by atoms with Gasteiger partial charge in [0.25, 0.3) is 0 Å². The molecule has 1 saturated heterocycles. The number of aliphatic hydroxyl groups is 5. The third kappa shape index (κ3) is 7.36. The normalized spacial score (nSPS) is 22.8. The molecule has 1 amide bonds. The largest absolute Gasteiger partial charge is 0.508 e. The molecule has 15 heteroatoms. The first-order valence-electron chi connectivity index (χ1n) is 17.9. The molecule has 3 aromatic heterocycles. The van der Waals surface area contributed by atoms with E-state index in [0.717, 1.165) is 10.9 Å². The van der Waals surface area contributed by atoms with Crippen LogP contribution in [0.25, 0.3) is 27.6 Å². The fraction of sp³-hybridized carbons (Fsp3) is 0.436. The highest BCUT2D eigenvalue weighted by atomic mass is 17.2. The number of phenolic OH excluding ortho intramolecular Hbond substituents is 1. The molecule has 0 saturated carbocycles. The Morgan fingerprint density at radius 3 is 2.57 bits per heavy atom. The number of ether oxygens (including phenoxy) is 1. The summed E-state index contributed by atoms with van der Waals surface area (Å²) in [5.41, 5.74) is -0.804. The molecule has 7 rings (SSSR count). The topological polar surface area (TPSA) is 229 Å². The van der Waals surface area contributed by atoms with Crippen molar-refractivity contribution in [2.75, 3.05) is 19.8 Å². The van der Waals surface area contributed by atoms with Crippen LogP contribution in [-0.4, -0.2) is 101 Å². The van der Waals surface area contributed by atoms with Crippen molar-refractivity contribution >= 4 is 27.8 Å². The Morgan fingerprint density at radius 2 is 1.87 bits per heavy atom. The number of aliphatic hydroxyl groups excluding tert-OH is 4. The van der Waals surface area contributed by atoms with Gasteiger partial charge >= 0.3 is 0 Å². The molecule has 2 aromatic carbocycles. The monoisotopic (exact) mass is 747 g/mol. The van der Waals surface area contributed by atoms with Gasteiger partial charge in [-0.05, 0) is 62.4 Å². The molecular formula is C39H45N3O12. The third-order valence-electron chi connectivity index (χ3n) is 10.7. The molecule has 7 atom stereocenters. The minimum Gasteiger partial charge on any atom is -0.508 e. The van der Waals surface area contributed by atoms with E-state index in [1.807, 2.05) is 36.1 Å². The molecule has 5 heterocycles. The maximum Gasteiger partial charge on any atom is 0.220 e. The van der Waals surface area contributed by atoms with Crippen molar-refractivity contribution in [1.82, 2.24) is 14.9 Å². The number of amides is 1. The van der Waals surface area contributed by atoms with Crippen LogP contribution in [0.2, 0.25) is 0 Å². The lowest BCUT2D eigenvalue weighted by Crippen LogP contribution is -2.58. The third-order valence-corrected chi connectivity index (χ3v) is 10.7. The summed E-state index contributed by atoms with van der Waals surface area (Å²) in [5.74, 6) is 0.895. The minimum absolute atomic E-state index is 0.0222. The molecule has 8 N–H and O–H groups in total. The first-order valence-corrected chi connectivity index (χ1v) is 17.9. The van der Waals surface area contributed by atoms with Crippen molar-refractivity contribution in [2.24, 2.45) is 5.92 Å². The summed E-state index contributed by atoms with van der Waals surface area (Å²) in [4.78, 5) is 40.5. The number of aromatic nitrogens is 2. The van der Waals surface area contributed by atoms with Crippen LogP contribution in [0.5, 0.6) is 11.5 Å². The number of phenols is 1. The summed E-state index contributed by atoms with van der Waals surface area (Å²) in [6.07, 6.45) is 0.266. The van der Waals surface area contributed by atoms with Gasteiger partial charge in [-0.25, -0.2) is 9.78 Å². The number of aryl methyl sites for hydroxylation is 1. The summed E-state index contributed by atoms with van der Waals surface area (Å²) in [5, 5.41) is 67.0. The molecule has 15 nitrogen and oxygen atoms in total. The zero-order chi connectivity index (χ0) is 38.4. The molecule has 0 radical (unpaired) electrons. The Hall–Kier alpha value is -4.74. The first kappa shape index (κ1) is 37.6. The van der Waals surface area contributed by atoms with E-state index in [9.17, 15) is 40.2 Å². The van der Waals surface area contributed by atoms with Gasteiger partial charge in [0, 0.05) is 61.4 Å². The van der Waals surface area contributed by atoms with Crippen LogP contribution in [-0.2, 0) is 27.4 Å². The molecule has 288 valence electrons.